The molecule has 0 atom stereocenters. The minimum absolute atomic E-state index is 0.442. The number of aromatic nitrogens is 3. The molecular formula is C13H11ClN4S. The number of pyridine rings is 1. The highest BCUT2D eigenvalue weighted by molar-refractivity contribution is 7.99. The highest BCUT2D eigenvalue weighted by atomic mass is 35.5. The van der Waals surface area contributed by atoms with Gasteiger partial charge in [0, 0.05) is 22.7 Å². The fraction of sp³-hybridized carbons (Fsp3) is 0.0769. The summed E-state index contributed by atoms with van der Waals surface area (Å²) in [6.07, 6.45) is 1.94. The molecule has 2 heterocycles. The maximum Gasteiger partial charge on any atom is 0.200 e. The summed E-state index contributed by atoms with van der Waals surface area (Å²) in [5.74, 6) is 0. The van der Waals surface area contributed by atoms with E-state index in [9.17, 15) is 0 Å². The van der Waals surface area contributed by atoms with E-state index in [1.807, 2.05) is 47.0 Å². The number of fused-ring (bicyclic) bond motifs is 1. The summed E-state index contributed by atoms with van der Waals surface area (Å²) in [5.41, 5.74) is 7.36. The quantitative estimate of drug-likeness (QED) is 0.806. The Labute approximate surface area is 119 Å². The number of nitrogens with two attached hydrogens (primary N) is 1. The van der Waals surface area contributed by atoms with Crippen LogP contribution in [0.3, 0.4) is 0 Å². The molecule has 96 valence electrons. The third-order valence-electron chi connectivity index (χ3n) is 2.74. The number of halogens is 1. The van der Waals surface area contributed by atoms with Crippen molar-refractivity contribution in [3.8, 4) is 0 Å². The highest BCUT2D eigenvalue weighted by Crippen LogP contribution is 2.29. The molecule has 3 rings (SSSR count). The number of hydrogen-bond acceptors (Lipinski definition) is 4. The molecule has 0 aliphatic carbocycles. The first kappa shape index (κ1) is 12.5. The molecule has 0 amide bonds. The van der Waals surface area contributed by atoms with E-state index < -0.39 is 0 Å². The first-order valence-electron chi connectivity index (χ1n) is 5.74. The molecule has 19 heavy (non-hydrogen) atoms. The topological polar surface area (TPSA) is 56.2 Å². The molecule has 6 heteroatoms. The Morgan fingerprint density at radius 2 is 2.11 bits per heavy atom. The molecular weight excluding hydrogens is 280 g/mol. The van der Waals surface area contributed by atoms with Gasteiger partial charge in [-0.25, -0.2) is 0 Å². The van der Waals surface area contributed by atoms with E-state index in [-0.39, 0.29) is 0 Å². The summed E-state index contributed by atoms with van der Waals surface area (Å²) in [6.45, 7) is 0.442. The Morgan fingerprint density at radius 1 is 1.21 bits per heavy atom. The van der Waals surface area contributed by atoms with Crippen LogP contribution in [0.4, 0.5) is 0 Å². The summed E-state index contributed by atoms with van der Waals surface area (Å²) in [6, 6.07) is 11.6. The summed E-state index contributed by atoms with van der Waals surface area (Å²) < 4.78 is 1.94. The largest absolute Gasteiger partial charge is 0.326 e. The van der Waals surface area contributed by atoms with Crippen LogP contribution >= 0.6 is 23.4 Å². The van der Waals surface area contributed by atoms with Gasteiger partial charge in [-0.15, -0.1) is 10.2 Å². The van der Waals surface area contributed by atoms with Crippen LogP contribution in [-0.2, 0) is 6.54 Å². The zero-order chi connectivity index (χ0) is 13.2. The summed E-state index contributed by atoms with van der Waals surface area (Å²) in [5, 5.41) is 9.78. The Hall–Kier alpha value is -1.56. The molecule has 3 aromatic rings. The van der Waals surface area contributed by atoms with Gasteiger partial charge in [-0.1, -0.05) is 23.7 Å². The van der Waals surface area contributed by atoms with Crippen molar-refractivity contribution in [2.24, 2.45) is 5.73 Å². The van der Waals surface area contributed by atoms with Gasteiger partial charge in [0.25, 0.3) is 0 Å². The fourth-order valence-corrected chi connectivity index (χ4v) is 2.93. The maximum absolute atomic E-state index is 6.15. The molecule has 1 aromatic carbocycles. The van der Waals surface area contributed by atoms with Crippen LogP contribution in [-0.4, -0.2) is 14.6 Å². The van der Waals surface area contributed by atoms with E-state index >= 15 is 0 Å². The minimum Gasteiger partial charge on any atom is -0.326 e. The second-order valence-corrected chi connectivity index (χ2v) is 5.42. The van der Waals surface area contributed by atoms with Gasteiger partial charge in [-0.3, -0.25) is 4.40 Å². The van der Waals surface area contributed by atoms with Crippen LogP contribution in [0.1, 0.15) is 5.56 Å². The first-order valence-corrected chi connectivity index (χ1v) is 6.93. The molecule has 0 saturated carbocycles. The monoisotopic (exact) mass is 290 g/mol. The summed E-state index contributed by atoms with van der Waals surface area (Å²) >= 11 is 7.67. The molecule has 0 saturated heterocycles. The summed E-state index contributed by atoms with van der Waals surface area (Å²) in [4.78, 5) is 1.01. The predicted molar refractivity (Wildman–Crippen MR) is 76.5 cm³/mol. The molecule has 0 aliphatic heterocycles. The zero-order valence-electron chi connectivity index (χ0n) is 9.95. The van der Waals surface area contributed by atoms with E-state index in [1.165, 1.54) is 11.8 Å². The second-order valence-electron chi connectivity index (χ2n) is 3.97. The number of nitrogens with zero attached hydrogens (tertiary/aromatic N) is 3. The average molecular weight is 291 g/mol. The Kier molecular flexibility index (Phi) is 3.42. The Morgan fingerprint density at radius 3 is 2.89 bits per heavy atom. The van der Waals surface area contributed by atoms with Crippen LogP contribution in [0, 0.1) is 0 Å². The van der Waals surface area contributed by atoms with Crippen molar-refractivity contribution < 1.29 is 0 Å². The van der Waals surface area contributed by atoms with Crippen LogP contribution in [0.2, 0.25) is 5.02 Å². The third-order valence-corrected chi connectivity index (χ3v) is 4.04. The summed E-state index contributed by atoms with van der Waals surface area (Å²) in [7, 11) is 0. The molecule has 0 bridgehead atoms. The lowest BCUT2D eigenvalue weighted by Gasteiger charge is -2.04. The van der Waals surface area contributed by atoms with Gasteiger partial charge >= 0.3 is 0 Å². The SMILES string of the molecule is NCc1ccc(Sc2nnc3ccccn23)cc1Cl. The lowest BCUT2D eigenvalue weighted by atomic mass is 10.2. The van der Waals surface area contributed by atoms with Gasteiger partial charge in [-0.2, -0.15) is 0 Å². The number of hydrogen-bond donors (Lipinski definition) is 1. The van der Waals surface area contributed by atoms with Gasteiger partial charge in [0.2, 0.25) is 0 Å². The van der Waals surface area contributed by atoms with E-state index in [0.717, 1.165) is 21.3 Å². The molecule has 2 N–H and O–H groups in total. The number of rotatable bonds is 3. The zero-order valence-corrected chi connectivity index (χ0v) is 11.5. The van der Waals surface area contributed by atoms with Crippen molar-refractivity contribution in [1.29, 1.82) is 0 Å². The van der Waals surface area contributed by atoms with Crippen LogP contribution < -0.4 is 5.73 Å². The van der Waals surface area contributed by atoms with Crippen LogP contribution in [0.15, 0.2) is 52.6 Å². The Balaban J connectivity index is 1.95. The maximum atomic E-state index is 6.15. The smallest absolute Gasteiger partial charge is 0.200 e. The standard InChI is InChI=1S/C13H11ClN4S/c14-11-7-10(5-4-9(11)8-15)19-13-17-16-12-3-1-2-6-18(12)13/h1-7H,8,15H2. The molecule has 4 nitrogen and oxygen atoms in total. The Bertz CT molecular complexity index is 725. The van der Waals surface area contributed by atoms with Gasteiger partial charge in [0.1, 0.15) is 0 Å². The van der Waals surface area contributed by atoms with Crippen molar-refractivity contribution in [2.75, 3.05) is 0 Å². The number of benzene rings is 1. The molecule has 0 unspecified atom stereocenters. The van der Waals surface area contributed by atoms with Crippen LogP contribution in [0.25, 0.3) is 5.65 Å². The second kappa shape index (κ2) is 5.21. The molecule has 0 fully saturated rings. The molecule has 0 aliphatic rings. The van der Waals surface area contributed by atoms with Crippen LogP contribution in [0.5, 0.6) is 0 Å². The minimum atomic E-state index is 0.442. The molecule has 0 radical (unpaired) electrons. The molecule has 2 aromatic heterocycles. The van der Waals surface area contributed by atoms with E-state index in [4.69, 9.17) is 17.3 Å². The molecule has 0 spiro atoms. The highest BCUT2D eigenvalue weighted by Gasteiger charge is 2.08. The normalized spacial score (nSPS) is 11.1. The van der Waals surface area contributed by atoms with Crippen molar-refractivity contribution in [3.63, 3.8) is 0 Å². The van der Waals surface area contributed by atoms with Crippen molar-refractivity contribution in [3.05, 3.63) is 53.2 Å². The fourth-order valence-electron chi connectivity index (χ4n) is 1.75. The van der Waals surface area contributed by atoms with Gasteiger partial charge in [-0.05, 0) is 41.6 Å². The third kappa shape index (κ3) is 2.45. The van der Waals surface area contributed by atoms with Crippen molar-refractivity contribution in [1.82, 2.24) is 14.6 Å². The van der Waals surface area contributed by atoms with Gasteiger partial charge in [0.05, 0.1) is 0 Å². The van der Waals surface area contributed by atoms with Crippen molar-refractivity contribution in [2.45, 2.75) is 16.6 Å². The van der Waals surface area contributed by atoms with Gasteiger partial charge in [0.15, 0.2) is 10.8 Å². The van der Waals surface area contributed by atoms with E-state index in [2.05, 4.69) is 10.2 Å². The van der Waals surface area contributed by atoms with Crippen molar-refractivity contribution >= 4 is 29.0 Å². The van der Waals surface area contributed by atoms with E-state index in [1.54, 1.807) is 0 Å². The first-order chi connectivity index (χ1) is 9.28. The van der Waals surface area contributed by atoms with E-state index in [0.29, 0.717) is 11.6 Å². The predicted octanol–water partition coefficient (Wildman–Crippen LogP) is 2.99. The average Bonchev–Trinajstić information content (AvgIpc) is 2.83. The lowest BCUT2D eigenvalue weighted by Crippen LogP contribution is -1.96. The lowest BCUT2D eigenvalue weighted by molar-refractivity contribution is 0.921. The van der Waals surface area contributed by atoms with Gasteiger partial charge < -0.3 is 5.73 Å².